The van der Waals surface area contributed by atoms with Gasteiger partial charge in [0.25, 0.3) is 0 Å². The minimum absolute atomic E-state index is 0.0204. The predicted molar refractivity (Wildman–Crippen MR) is 249 cm³/mol. The van der Waals surface area contributed by atoms with Crippen molar-refractivity contribution in [1.82, 2.24) is 10.2 Å². The van der Waals surface area contributed by atoms with Crippen LogP contribution in [0.4, 0.5) is 4.79 Å². The van der Waals surface area contributed by atoms with Gasteiger partial charge in [-0.15, -0.1) is 0 Å². The van der Waals surface area contributed by atoms with Crippen LogP contribution in [-0.2, 0) is 59.0 Å². The van der Waals surface area contributed by atoms with Crippen molar-refractivity contribution >= 4 is 41.7 Å². The molecule has 3 aromatic carbocycles. The number of amides is 1. The molecular formula is C53H62N2O15. The van der Waals surface area contributed by atoms with Gasteiger partial charge in [0.1, 0.15) is 47.7 Å². The Bertz CT molecular complexity index is 2500. The average molecular weight is 967 g/mol. The highest BCUT2D eigenvalue weighted by Crippen LogP contribution is 2.69. The second kappa shape index (κ2) is 20.1. The van der Waals surface area contributed by atoms with Gasteiger partial charge in [-0.25, -0.2) is 14.4 Å². The van der Waals surface area contributed by atoms with E-state index in [0.717, 1.165) is 12.5 Å². The zero-order valence-electron chi connectivity index (χ0n) is 40.7. The van der Waals surface area contributed by atoms with Gasteiger partial charge in [0, 0.05) is 36.5 Å². The summed E-state index contributed by atoms with van der Waals surface area (Å²) in [6.45, 7) is 9.87. The number of carbonyl (C=O) groups excluding carboxylic acids is 7. The van der Waals surface area contributed by atoms with Gasteiger partial charge in [0.15, 0.2) is 5.78 Å². The summed E-state index contributed by atoms with van der Waals surface area (Å²) >= 11 is 0. The molecule has 3 aromatic rings. The Kier molecular flexibility index (Phi) is 14.8. The zero-order valence-corrected chi connectivity index (χ0v) is 40.7. The van der Waals surface area contributed by atoms with E-state index in [9.17, 15) is 39.0 Å². The number of ether oxygens (including phenoxy) is 6. The third kappa shape index (κ3) is 10.1. The Morgan fingerprint density at radius 1 is 0.886 bits per heavy atom. The molecule has 17 heteroatoms. The zero-order chi connectivity index (χ0) is 50.9. The molecule has 0 radical (unpaired) electrons. The fourth-order valence-electron chi connectivity index (χ4n) is 10.7. The molecule has 0 bridgehead atoms. The van der Waals surface area contributed by atoms with Crippen LogP contribution in [0.3, 0.4) is 0 Å². The van der Waals surface area contributed by atoms with Crippen molar-refractivity contribution in [3.8, 4) is 0 Å². The maximum Gasteiger partial charge on any atom is 0.408 e. The van der Waals surface area contributed by atoms with Crippen LogP contribution >= 0.6 is 0 Å². The van der Waals surface area contributed by atoms with E-state index in [1.54, 1.807) is 90.2 Å². The third-order valence-corrected chi connectivity index (χ3v) is 14.4. The van der Waals surface area contributed by atoms with Gasteiger partial charge in [-0.2, -0.15) is 0 Å². The standard InChI is InChI=1S/C53H62N2O15/c1-30-36(29-65-32(3)56)45(69-46(60)35-22-16-11-17-23-35)53(64)26-37(39-31(2)40(51(39,53)7)43(59)42(30)58)67-47(61)44(41(34-20-14-10-15-21-34)54-49(63)70-50(4,5)6)68-38(57)27-55(8)52(24-25-52)48(62)66-28-33-18-12-9-13-19-33/h9-23,30,36-37,39,41,43-45,59,64H,24-29H2,1-8H3,(H,54,63)/t30-,36?,37-,39?,41-,43+,44+,45-,51?,53+/m0/s1. The maximum atomic E-state index is 15.1. The van der Waals surface area contributed by atoms with Gasteiger partial charge in [-0.05, 0) is 76.4 Å². The number of hydrogen-bond acceptors (Lipinski definition) is 16. The first kappa shape index (κ1) is 51.4. The molecule has 17 nitrogen and oxygen atoms in total. The number of ketones is 1. The van der Waals surface area contributed by atoms with Crippen LogP contribution < -0.4 is 5.32 Å². The highest BCUT2D eigenvalue weighted by Gasteiger charge is 2.76. The van der Waals surface area contributed by atoms with Crippen molar-refractivity contribution < 1.29 is 72.2 Å². The number of aliphatic hydroxyl groups excluding tert-OH is 1. The number of esters is 5. The number of likely N-dealkylation sites (N-methyl/N-ethyl adjacent to an activating group) is 1. The molecule has 4 aliphatic rings. The van der Waals surface area contributed by atoms with E-state index in [1.165, 1.54) is 24.0 Å². The van der Waals surface area contributed by atoms with E-state index in [4.69, 9.17) is 28.4 Å². The normalized spacial score (nSPS) is 27.3. The summed E-state index contributed by atoms with van der Waals surface area (Å²) in [6.07, 6.45) is -7.14. The Labute approximate surface area is 406 Å². The molecule has 7 rings (SSSR count). The van der Waals surface area contributed by atoms with Crippen LogP contribution in [0.1, 0.15) is 95.3 Å². The number of Topliss-reactive ketones (excluding diaryl/α,β-unsaturated/α-hetero) is 1. The quantitative estimate of drug-likeness (QED) is 0.0933. The lowest BCUT2D eigenvalue weighted by Gasteiger charge is -2.58. The van der Waals surface area contributed by atoms with Gasteiger partial charge in [0.2, 0.25) is 6.10 Å². The Balaban J connectivity index is 1.24. The van der Waals surface area contributed by atoms with Gasteiger partial charge in [-0.1, -0.05) is 98.3 Å². The van der Waals surface area contributed by atoms with E-state index in [0.29, 0.717) is 24.0 Å². The number of nitrogens with zero attached hydrogens (tertiary/aromatic N) is 1. The van der Waals surface area contributed by atoms with Crippen molar-refractivity contribution in [2.45, 2.75) is 122 Å². The smallest absolute Gasteiger partial charge is 0.408 e. The van der Waals surface area contributed by atoms with Crippen molar-refractivity contribution in [1.29, 1.82) is 0 Å². The Morgan fingerprint density at radius 2 is 1.49 bits per heavy atom. The molecule has 1 amide bonds. The molecule has 70 heavy (non-hydrogen) atoms. The summed E-state index contributed by atoms with van der Waals surface area (Å²) in [5.74, 6) is -8.13. The lowest BCUT2D eigenvalue weighted by molar-refractivity contribution is -0.189. The van der Waals surface area contributed by atoms with Crippen LogP contribution in [0.25, 0.3) is 0 Å². The fourth-order valence-corrected chi connectivity index (χ4v) is 10.7. The molecular weight excluding hydrogens is 905 g/mol. The average Bonchev–Trinajstić information content (AvgIpc) is 4.10. The summed E-state index contributed by atoms with van der Waals surface area (Å²) in [7, 11) is 1.56. The SMILES string of the molecule is CC(=O)OCC1[C@H](C)C(=O)[C@H](O)C2=C(C)C3[C@@H](OC(=O)[C@H](OC(=O)CN(C)C4(C(=O)OCc5ccccc5)CC4)[C@@H](NC(=O)OC(C)(C)C)c4ccccc4)C[C@@](O)([C@H]1OC(=O)c1ccccc1)C23C. The molecule has 4 aliphatic carbocycles. The molecule has 3 unspecified atom stereocenters. The van der Waals surface area contributed by atoms with Crippen LogP contribution in [0.5, 0.6) is 0 Å². The molecule has 374 valence electrons. The first-order valence-corrected chi connectivity index (χ1v) is 23.4. The van der Waals surface area contributed by atoms with Gasteiger partial charge in [-0.3, -0.25) is 24.1 Å². The molecule has 3 fully saturated rings. The summed E-state index contributed by atoms with van der Waals surface area (Å²) < 4.78 is 35.3. The largest absolute Gasteiger partial charge is 0.465 e. The fraction of sp³-hybridized carbons (Fsp3) is 0.491. The molecule has 0 heterocycles. The maximum absolute atomic E-state index is 15.1. The number of carbonyl (C=O) groups is 7. The van der Waals surface area contributed by atoms with Crippen LogP contribution in [0.2, 0.25) is 0 Å². The second-order valence-corrected chi connectivity index (χ2v) is 20.0. The number of nitrogens with one attached hydrogen (secondary N) is 1. The Morgan fingerprint density at radius 3 is 2.07 bits per heavy atom. The van der Waals surface area contributed by atoms with Crippen molar-refractivity contribution in [2.24, 2.45) is 23.2 Å². The lowest BCUT2D eigenvalue weighted by atomic mass is 9.49. The minimum atomic E-state index is -2.20. The van der Waals surface area contributed by atoms with Crippen molar-refractivity contribution in [3.63, 3.8) is 0 Å². The van der Waals surface area contributed by atoms with E-state index < -0.39 is 132 Å². The third-order valence-electron chi connectivity index (χ3n) is 14.4. The molecule has 0 spiro atoms. The molecule has 0 aromatic heterocycles. The predicted octanol–water partition coefficient (Wildman–Crippen LogP) is 5.36. The first-order valence-electron chi connectivity index (χ1n) is 23.4. The highest BCUT2D eigenvalue weighted by atomic mass is 16.6. The molecule has 0 aliphatic heterocycles. The minimum Gasteiger partial charge on any atom is -0.465 e. The second-order valence-electron chi connectivity index (χ2n) is 20.0. The van der Waals surface area contributed by atoms with E-state index in [1.807, 2.05) is 30.3 Å². The van der Waals surface area contributed by atoms with E-state index in [-0.39, 0.29) is 17.7 Å². The van der Waals surface area contributed by atoms with Crippen LogP contribution in [0, 0.1) is 23.2 Å². The number of rotatable bonds is 16. The molecule has 0 saturated heterocycles. The first-order chi connectivity index (χ1) is 33.0. The van der Waals surface area contributed by atoms with Gasteiger partial charge >= 0.3 is 35.9 Å². The molecule has 10 atom stereocenters. The van der Waals surface area contributed by atoms with E-state index >= 15 is 4.79 Å². The van der Waals surface area contributed by atoms with Crippen LogP contribution in [0.15, 0.2) is 102 Å². The van der Waals surface area contributed by atoms with Crippen molar-refractivity contribution in [3.05, 3.63) is 119 Å². The van der Waals surface area contributed by atoms with Crippen LogP contribution in [-0.4, -0.2) is 118 Å². The number of benzene rings is 3. The number of aliphatic hydroxyl groups is 2. The highest BCUT2D eigenvalue weighted by molar-refractivity contribution is 5.92. The van der Waals surface area contributed by atoms with Gasteiger partial charge < -0.3 is 44.0 Å². The summed E-state index contributed by atoms with van der Waals surface area (Å²) in [6, 6.07) is 23.9. The summed E-state index contributed by atoms with van der Waals surface area (Å²) in [5, 5.41) is 27.8. The van der Waals surface area contributed by atoms with Crippen molar-refractivity contribution in [2.75, 3.05) is 20.2 Å². The summed E-state index contributed by atoms with van der Waals surface area (Å²) in [4.78, 5) is 98.1. The lowest BCUT2D eigenvalue weighted by Crippen LogP contribution is -2.66. The summed E-state index contributed by atoms with van der Waals surface area (Å²) in [5.41, 5.74) is -4.09. The monoisotopic (exact) mass is 966 g/mol. The molecule has 3 N–H and O–H groups in total. The topological polar surface area (TPSA) is 231 Å². The Hall–Kier alpha value is -6.43. The number of hydrogen-bond donors (Lipinski definition) is 3. The van der Waals surface area contributed by atoms with Gasteiger partial charge in [0.05, 0.1) is 18.7 Å². The molecule has 3 saturated carbocycles. The number of alkyl carbamates (subject to hydrolysis) is 1. The van der Waals surface area contributed by atoms with E-state index in [2.05, 4.69) is 5.32 Å².